The van der Waals surface area contributed by atoms with E-state index >= 15 is 0 Å². The molecule has 0 saturated carbocycles. The highest BCUT2D eigenvalue weighted by Crippen LogP contribution is 2.34. The van der Waals surface area contributed by atoms with Crippen LogP contribution in [0.15, 0.2) is 24.4 Å². The van der Waals surface area contributed by atoms with Gasteiger partial charge in [0.2, 0.25) is 0 Å². The first-order valence-corrected chi connectivity index (χ1v) is 7.26. The highest BCUT2D eigenvalue weighted by Gasteiger charge is 2.15. The van der Waals surface area contributed by atoms with Crippen LogP contribution in [0.3, 0.4) is 0 Å². The number of fused-ring (bicyclic) bond motifs is 1. The molecule has 0 bridgehead atoms. The molecule has 1 saturated heterocycles. The number of phenolic OH excluding ortho intramolecular Hbond substituents is 2. The Labute approximate surface area is 118 Å². The van der Waals surface area contributed by atoms with Gasteiger partial charge in [0.25, 0.3) is 0 Å². The molecule has 2 aromatic rings. The summed E-state index contributed by atoms with van der Waals surface area (Å²) < 4.78 is 0. The molecule has 106 valence electrons. The molecule has 4 nitrogen and oxygen atoms in total. The number of phenols is 2. The predicted molar refractivity (Wildman–Crippen MR) is 78.8 cm³/mol. The third kappa shape index (κ3) is 2.56. The molecule has 0 atom stereocenters. The smallest absolute Gasteiger partial charge is 0.142 e. The summed E-state index contributed by atoms with van der Waals surface area (Å²) in [6.45, 7) is 2.81. The molecule has 1 fully saturated rings. The fourth-order valence-corrected chi connectivity index (χ4v) is 2.93. The number of hydrogen-bond acceptors (Lipinski definition) is 4. The first-order valence-electron chi connectivity index (χ1n) is 7.26. The number of nitrogens with zero attached hydrogens (tertiary/aromatic N) is 2. The van der Waals surface area contributed by atoms with E-state index in [4.69, 9.17) is 0 Å². The summed E-state index contributed by atoms with van der Waals surface area (Å²) >= 11 is 0. The minimum atomic E-state index is 0.142. The molecule has 1 aromatic heterocycles. The molecule has 1 aliphatic rings. The summed E-state index contributed by atoms with van der Waals surface area (Å²) in [5.74, 6) is 0.387. The first-order chi connectivity index (χ1) is 9.75. The van der Waals surface area contributed by atoms with Gasteiger partial charge in [-0.25, -0.2) is 0 Å². The molecular formula is C16H20N2O2. The Hall–Kier alpha value is -1.81. The monoisotopic (exact) mass is 272 g/mol. The van der Waals surface area contributed by atoms with Gasteiger partial charge in [-0.15, -0.1) is 0 Å². The van der Waals surface area contributed by atoms with Crippen molar-refractivity contribution in [1.82, 2.24) is 9.88 Å². The average molecular weight is 272 g/mol. The van der Waals surface area contributed by atoms with E-state index < -0.39 is 0 Å². The van der Waals surface area contributed by atoms with E-state index in [0.717, 1.165) is 18.7 Å². The van der Waals surface area contributed by atoms with Gasteiger partial charge in [-0.05, 0) is 44.1 Å². The second kappa shape index (κ2) is 5.67. The first kappa shape index (κ1) is 13.2. The van der Waals surface area contributed by atoms with Crippen LogP contribution >= 0.6 is 0 Å². The number of hydrogen-bond donors (Lipinski definition) is 2. The molecule has 4 heteroatoms. The van der Waals surface area contributed by atoms with Crippen LogP contribution < -0.4 is 0 Å². The van der Waals surface area contributed by atoms with E-state index in [1.807, 2.05) is 0 Å². The average Bonchev–Trinajstić information content (AvgIpc) is 2.73. The Morgan fingerprint density at radius 2 is 1.85 bits per heavy atom. The van der Waals surface area contributed by atoms with Crippen molar-refractivity contribution in [3.63, 3.8) is 0 Å². The molecule has 1 aromatic carbocycles. The minimum Gasteiger partial charge on any atom is -0.507 e. The Morgan fingerprint density at radius 3 is 2.60 bits per heavy atom. The second-order valence-corrected chi connectivity index (χ2v) is 5.49. The molecule has 0 radical (unpaired) electrons. The molecule has 2 N–H and O–H groups in total. The third-order valence-electron chi connectivity index (χ3n) is 4.01. The zero-order chi connectivity index (χ0) is 13.9. The lowest BCUT2D eigenvalue weighted by Crippen LogP contribution is -2.24. The van der Waals surface area contributed by atoms with E-state index in [-0.39, 0.29) is 11.5 Å². The summed E-state index contributed by atoms with van der Waals surface area (Å²) in [6, 6.07) is 5.22. The Kier molecular flexibility index (Phi) is 3.74. The minimum absolute atomic E-state index is 0.142. The van der Waals surface area contributed by atoms with Crippen molar-refractivity contribution in [2.24, 2.45) is 0 Å². The van der Waals surface area contributed by atoms with Crippen LogP contribution in [-0.4, -0.2) is 33.2 Å². The third-order valence-corrected chi connectivity index (χ3v) is 4.01. The standard InChI is InChI=1S/C16H20N2O2/c19-14-10-12(11-18-8-3-1-2-4-9-18)16(20)13-6-5-7-17-15(13)14/h5-7,10,19-20H,1-4,8-9,11H2. The van der Waals surface area contributed by atoms with E-state index in [1.54, 1.807) is 24.4 Å². The largest absolute Gasteiger partial charge is 0.507 e. The van der Waals surface area contributed by atoms with Gasteiger partial charge in [-0.3, -0.25) is 9.88 Å². The summed E-state index contributed by atoms with van der Waals surface area (Å²) in [4.78, 5) is 6.47. The van der Waals surface area contributed by atoms with Crippen molar-refractivity contribution in [2.45, 2.75) is 32.2 Å². The zero-order valence-electron chi connectivity index (χ0n) is 11.5. The predicted octanol–water partition coefficient (Wildman–Crippen LogP) is 3.02. The summed E-state index contributed by atoms with van der Waals surface area (Å²) in [6.07, 6.45) is 6.62. The maximum Gasteiger partial charge on any atom is 0.142 e. The maximum atomic E-state index is 10.4. The van der Waals surface area contributed by atoms with Crippen LogP contribution in [0.1, 0.15) is 31.2 Å². The molecule has 20 heavy (non-hydrogen) atoms. The fourth-order valence-electron chi connectivity index (χ4n) is 2.93. The normalized spacial score (nSPS) is 17.2. The molecule has 0 amide bonds. The van der Waals surface area contributed by atoms with Gasteiger partial charge in [0, 0.05) is 23.7 Å². The number of pyridine rings is 1. The second-order valence-electron chi connectivity index (χ2n) is 5.49. The van der Waals surface area contributed by atoms with Gasteiger partial charge in [0.05, 0.1) is 0 Å². The van der Waals surface area contributed by atoms with Crippen molar-refractivity contribution in [3.05, 3.63) is 30.0 Å². The van der Waals surface area contributed by atoms with Crippen molar-refractivity contribution in [2.75, 3.05) is 13.1 Å². The lowest BCUT2D eigenvalue weighted by atomic mass is 10.1. The van der Waals surface area contributed by atoms with Crippen LogP contribution in [0.25, 0.3) is 10.9 Å². The maximum absolute atomic E-state index is 10.4. The van der Waals surface area contributed by atoms with Gasteiger partial charge >= 0.3 is 0 Å². The van der Waals surface area contributed by atoms with Gasteiger partial charge in [0.1, 0.15) is 17.0 Å². The Bertz CT molecular complexity index is 605. The Balaban J connectivity index is 1.93. The lowest BCUT2D eigenvalue weighted by molar-refractivity contribution is 0.272. The molecule has 2 heterocycles. The van der Waals surface area contributed by atoms with Crippen LogP contribution in [-0.2, 0) is 6.54 Å². The zero-order valence-corrected chi connectivity index (χ0v) is 11.5. The lowest BCUT2D eigenvalue weighted by Gasteiger charge is -2.21. The molecule has 1 aliphatic heterocycles. The molecular weight excluding hydrogens is 252 g/mol. The van der Waals surface area contributed by atoms with Crippen molar-refractivity contribution in [1.29, 1.82) is 0 Å². The van der Waals surface area contributed by atoms with E-state index in [9.17, 15) is 10.2 Å². The Morgan fingerprint density at radius 1 is 1.10 bits per heavy atom. The van der Waals surface area contributed by atoms with Crippen molar-refractivity contribution in [3.8, 4) is 11.5 Å². The summed E-state index contributed by atoms with van der Waals surface area (Å²) in [5.41, 5.74) is 1.24. The van der Waals surface area contributed by atoms with Crippen LogP contribution in [0.2, 0.25) is 0 Å². The molecule has 3 rings (SSSR count). The number of benzene rings is 1. The van der Waals surface area contributed by atoms with E-state index in [0.29, 0.717) is 17.4 Å². The highest BCUT2D eigenvalue weighted by atomic mass is 16.3. The summed E-state index contributed by atoms with van der Waals surface area (Å²) in [5, 5.41) is 21.1. The number of aromatic nitrogens is 1. The molecule has 0 spiro atoms. The fraction of sp³-hybridized carbons (Fsp3) is 0.438. The van der Waals surface area contributed by atoms with Crippen molar-refractivity contribution < 1.29 is 10.2 Å². The number of aromatic hydroxyl groups is 2. The summed E-state index contributed by atoms with van der Waals surface area (Å²) in [7, 11) is 0. The van der Waals surface area contributed by atoms with E-state index in [1.165, 1.54) is 25.7 Å². The van der Waals surface area contributed by atoms with Crippen LogP contribution in [0, 0.1) is 0 Å². The SMILES string of the molecule is Oc1c(CN2CCCCCC2)cc(O)c2ncccc12. The van der Waals surface area contributed by atoms with Crippen LogP contribution in [0.4, 0.5) is 0 Å². The van der Waals surface area contributed by atoms with Gasteiger partial charge in [-0.2, -0.15) is 0 Å². The van der Waals surface area contributed by atoms with Crippen LogP contribution in [0.5, 0.6) is 11.5 Å². The number of likely N-dealkylation sites (tertiary alicyclic amines) is 1. The molecule has 0 aliphatic carbocycles. The quantitative estimate of drug-likeness (QED) is 0.825. The molecule has 0 unspecified atom stereocenters. The van der Waals surface area contributed by atoms with E-state index in [2.05, 4.69) is 9.88 Å². The van der Waals surface area contributed by atoms with Crippen molar-refractivity contribution >= 4 is 10.9 Å². The number of rotatable bonds is 2. The van der Waals surface area contributed by atoms with Gasteiger partial charge < -0.3 is 10.2 Å². The van der Waals surface area contributed by atoms with Gasteiger partial charge in [-0.1, -0.05) is 12.8 Å². The highest BCUT2D eigenvalue weighted by molar-refractivity contribution is 5.90. The topological polar surface area (TPSA) is 56.6 Å². The van der Waals surface area contributed by atoms with Gasteiger partial charge in [0.15, 0.2) is 0 Å².